The highest BCUT2D eigenvalue weighted by atomic mass is 16.5. The number of carbonyl (C=O) groups is 2. The minimum absolute atomic E-state index is 0.168. The second-order valence-electron chi connectivity index (χ2n) is 8.60. The second-order valence-corrected chi connectivity index (χ2v) is 8.60. The smallest absolute Gasteiger partial charge is 0.326 e. The van der Waals surface area contributed by atoms with Crippen molar-refractivity contribution in [2.24, 2.45) is 5.92 Å². The summed E-state index contributed by atoms with van der Waals surface area (Å²) in [5.41, 5.74) is 2.79. The molecule has 170 valence electrons. The lowest BCUT2D eigenvalue weighted by Crippen LogP contribution is -2.42. The third-order valence-corrected chi connectivity index (χ3v) is 6.24. The summed E-state index contributed by atoms with van der Waals surface area (Å²) in [6.07, 6.45) is 9.68. The quantitative estimate of drug-likeness (QED) is 0.523. The molecule has 0 aromatic carbocycles. The first-order valence-electron chi connectivity index (χ1n) is 11.4. The molecule has 1 saturated carbocycles. The third-order valence-electron chi connectivity index (χ3n) is 6.24. The molecule has 1 aliphatic carbocycles. The Hall–Kier alpha value is -3.00. The van der Waals surface area contributed by atoms with Gasteiger partial charge in [-0.15, -0.1) is 0 Å². The lowest BCUT2D eigenvalue weighted by molar-refractivity contribution is -0.140. The van der Waals surface area contributed by atoms with Crippen LogP contribution in [-0.2, 0) is 22.4 Å². The molecule has 1 fully saturated rings. The number of nitrogens with one attached hydrogen (secondary N) is 2. The number of pyridine rings is 2. The van der Waals surface area contributed by atoms with E-state index in [1.807, 2.05) is 0 Å². The summed E-state index contributed by atoms with van der Waals surface area (Å²) in [6.45, 7) is 1.31. The summed E-state index contributed by atoms with van der Waals surface area (Å²) >= 11 is 0. The highest BCUT2D eigenvalue weighted by Crippen LogP contribution is 2.34. The van der Waals surface area contributed by atoms with Crippen molar-refractivity contribution in [2.75, 3.05) is 18.5 Å². The van der Waals surface area contributed by atoms with Gasteiger partial charge in [0.05, 0.1) is 11.7 Å². The van der Waals surface area contributed by atoms with Crippen LogP contribution in [0.15, 0.2) is 36.7 Å². The minimum atomic E-state index is -1.07. The van der Waals surface area contributed by atoms with Gasteiger partial charge in [0.15, 0.2) is 0 Å². The lowest BCUT2D eigenvalue weighted by Gasteiger charge is -2.35. The Morgan fingerprint density at radius 2 is 2.16 bits per heavy atom. The summed E-state index contributed by atoms with van der Waals surface area (Å²) in [5.74, 6) is 0.156. The number of ether oxygens (including phenoxy) is 1. The van der Waals surface area contributed by atoms with Gasteiger partial charge in [-0.25, -0.2) is 9.78 Å². The molecule has 32 heavy (non-hydrogen) atoms. The Kier molecular flexibility index (Phi) is 7.32. The van der Waals surface area contributed by atoms with Gasteiger partial charge in [-0.05, 0) is 68.2 Å². The molecular weight excluding hydrogens is 408 g/mol. The fourth-order valence-electron chi connectivity index (χ4n) is 4.25. The van der Waals surface area contributed by atoms with Gasteiger partial charge in [0.1, 0.15) is 11.9 Å². The molecular formula is C24H30N4O4. The molecule has 1 aliphatic heterocycles. The normalized spacial score (nSPS) is 20.4. The fraction of sp³-hybridized carbons (Fsp3) is 0.500. The van der Waals surface area contributed by atoms with Crippen LogP contribution in [-0.4, -0.2) is 52.2 Å². The number of rotatable bonds is 10. The van der Waals surface area contributed by atoms with E-state index in [4.69, 9.17) is 9.72 Å². The van der Waals surface area contributed by atoms with Crippen LogP contribution in [0.2, 0.25) is 0 Å². The molecule has 1 atom stereocenters. The van der Waals surface area contributed by atoms with E-state index >= 15 is 0 Å². The first kappa shape index (κ1) is 22.2. The highest BCUT2D eigenvalue weighted by molar-refractivity contribution is 5.96. The van der Waals surface area contributed by atoms with E-state index < -0.39 is 17.9 Å². The summed E-state index contributed by atoms with van der Waals surface area (Å²) in [6, 6.07) is 6.59. The number of hydrogen-bond donors (Lipinski definition) is 3. The Morgan fingerprint density at radius 1 is 1.28 bits per heavy atom. The van der Waals surface area contributed by atoms with E-state index in [-0.39, 0.29) is 12.5 Å². The van der Waals surface area contributed by atoms with E-state index in [0.717, 1.165) is 50.2 Å². The van der Waals surface area contributed by atoms with Crippen LogP contribution in [0.5, 0.6) is 0 Å². The van der Waals surface area contributed by atoms with E-state index in [2.05, 4.69) is 27.8 Å². The van der Waals surface area contributed by atoms with Crippen molar-refractivity contribution in [1.29, 1.82) is 0 Å². The molecule has 8 nitrogen and oxygen atoms in total. The summed E-state index contributed by atoms with van der Waals surface area (Å²) < 4.78 is 5.85. The summed E-state index contributed by atoms with van der Waals surface area (Å²) in [4.78, 5) is 32.3. The monoisotopic (exact) mass is 438 g/mol. The van der Waals surface area contributed by atoms with Crippen LogP contribution in [0, 0.1) is 5.92 Å². The number of carboxylic acid groups (broad SMARTS) is 1. The van der Waals surface area contributed by atoms with E-state index in [9.17, 15) is 14.7 Å². The van der Waals surface area contributed by atoms with Gasteiger partial charge in [0.25, 0.3) is 5.91 Å². The van der Waals surface area contributed by atoms with Crippen molar-refractivity contribution < 1.29 is 19.4 Å². The third kappa shape index (κ3) is 5.82. The number of amides is 1. The number of hydrogen-bond acceptors (Lipinski definition) is 6. The van der Waals surface area contributed by atoms with Gasteiger partial charge in [0, 0.05) is 37.7 Å². The van der Waals surface area contributed by atoms with Crippen LogP contribution in [0.25, 0.3) is 0 Å². The number of carbonyl (C=O) groups excluding carboxylic acids is 1. The van der Waals surface area contributed by atoms with Crippen molar-refractivity contribution in [3.63, 3.8) is 0 Å². The first-order chi connectivity index (χ1) is 15.6. The van der Waals surface area contributed by atoms with Gasteiger partial charge in [-0.3, -0.25) is 9.78 Å². The average molecular weight is 439 g/mol. The lowest BCUT2D eigenvalue weighted by atomic mass is 9.79. The topological polar surface area (TPSA) is 113 Å². The van der Waals surface area contributed by atoms with Crippen molar-refractivity contribution in [1.82, 2.24) is 15.3 Å². The van der Waals surface area contributed by atoms with Crippen LogP contribution >= 0.6 is 0 Å². The molecule has 2 aromatic heterocycles. The Labute approximate surface area is 187 Å². The number of carboxylic acids is 1. The van der Waals surface area contributed by atoms with Crippen LogP contribution in [0.4, 0.5) is 5.82 Å². The number of fused-ring (bicyclic) bond motifs is 1. The Balaban J connectivity index is 1.14. The van der Waals surface area contributed by atoms with E-state index in [1.165, 1.54) is 18.2 Å². The first-order valence-corrected chi connectivity index (χ1v) is 11.4. The molecule has 8 heteroatoms. The van der Waals surface area contributed by atoms with Gasteiger partial charge in [0.2, 0.25) is 0 Å². The molecule has 1 amide bonds. The maximum absolute atomic E-state index is 12.2. The standard InChI is InChI=1S/C24H30N4O4/c29-23(18-4-1-10-25-15-18)28-21(24(30)31)9-12-32-20-13-16(14-20)5-7-19-8-6-17-3-2-11-26-22(17)27-19/h1,4,6,8,10,15-16,20-21H,2-3,5,7,9,11-14H2,(H,26,27)(H,28,29)(H,30,31). The zero-order valence-electron chi connectivity index (χ0n) is 18.1. The summed E-state index contributed by atoms with van der Waals surface area (Å²) in [7, 11) is 0. The van der Waals surface area contributed by atoms with Gasteiger partial charge < -0.3 is 20.5 Å². The van der Waals surface area contributed by atoms with Crippen LogP contribution < -0.4 is 10.6 Å². The molecule has 1 unspecified atom stereocenters. The number of anilines is 1. The zero-order valence-corrected chi connectivity index (χ0v) is 18.1. The molecule has 2 aliphatic rings. The molecule has 0 saturated heterocycles. The van der Waals surface area contributed by atoms with Crippen molar-refractivity contribution in [3.8, 4) is 0 Å². The number of nitrogens with zero attached hydrogens (tertiary/aromatic N) is 2. The molecule has 0 spiro atoms. The number of aliphatic carboxylic acids is 1. The Morgan fingerprint density at radius 3 is 2.94 bits per heavy atom. The average Bonchev–Trinajstić information content (AvgIpc) is 2.79. The maximum atomic E-state index is 12.2. The SMILES string of the molecule is O=C(NC(CCOC1CC(CCc2ccc3c(n2)NCCC3)C1)C(=O)O)c1cccnc1. The Bertz CT molecular complexity index is 931. The molecule has 4 rings (SSSR count). The predicted molar refractivity (Wildman–Crippen MR) is 120 cm³/mol. The molecule has 2 aromatic rings. The fourth-order valence-corrected chi connectivity index (χ4v) is 4.25. The number of aromatic nitrogens is 2. The van der Waals surface area contributed by atoms with Gasteiger partial charge in [-0.2, -0.15) is 0 Å². The minimum Gasteiger partial charge on any atom is -0.480 e. The molecule has 3 N–H and O–H groups in total. The van der Waals surface area contributed by atoms with Crippen molar-refractivity contribution in [3.05, 3.63) is 53.5 Å². The van der Waals surface area contributed by atoms with Gasteiger partial charge in [-0.1, -0.05) is 6.07 Å². The van der Waals surface area contributed by atoms with Crippen molar-refractivity contribution in [2.45, 2.75) is 57.1 Å². The largest absolute Gasteiger partial charge is 0.480 e. The zero-order chi connectivity index (χ0) is 22.3. The molecule has 0 bridgehead atoms. The second kappa shape index (κ2) is 10.5. The van der Waals surface area contributed by atoms with E-state index in [0.29, 0.717) is 18.1 Å². The highest BCUT2D eigenvalue weighted by Gasteiger charge is 2.30. The van der Waals surface area contributed by atoms with Gasteiger partial charge >= 0.3 is 5.97 Å². The van der Waals surface area contributed by atoms with Crippen LogP contribution in [0.1, 0.15) is 53.7 Å². The molecule has 0 radical (unpaired) electrons. The predicted octanol–water partition coefficient (Wildman–Crippen LogP) is 2.84. The van der Waals surface area contributed by atoms with Crippen molar-refractivity contribution >= 4 is 17.7 Å². The van der Waals surface area contributed by atoms with E-state index in [1.54, 1.807) is 18.3 Å². The maximum Gasteiger partial charge on any atom is 0.326 e. The summed E-state index contributed by atoms with van der Waals surface area (Å²) in [5, 5.41) is 15.3. The van der Waals surface area contributed by atoms with Crippen LogP contribution in [0.3, 0.4) is 0 Å². The molecule has 3 heterocycles. The number of aryl methyl sites for hydroxylation is 2.